The minimum absolute atomic E-state index is 0.114. The average Bonchev–Trinajstić information content (AvgIpc) is 2.55. The van der Waals surface area contributed by atoms with Crippen LogP contribution in [0.5, 0.6) is 0 Å². The zero-order valence-electron chi connectivity index (χ0n) is 9.84. The van der Waals surface area contributed by atoms with Crippen LogP contribution in [0.3, 0.4) is 0 Å². The summed E-state index contributed by atoms with van der Waals surface area (Å²) in [5, 5.41) is 0. The molecule has 1 saturated heterocycles. The molecule has 1 aliphatic heterocycles. The minimum atomic E-state index is -0.784. The Morgan fingerprint density at radius 1 is 1.50 bits per heavy atom. The summed E-state index contributed by atoms with van der Waals surface area (Å²) < 4.78 is 21.2. The van der Waals surface area contributed by atoms with Crippen LogP contribution in [-0.4, -0.2) is 44.3 Å². The molecule has 0 amide bonds. The van der Waals surface area contributed by atoms with Crippen molar-refractivity contribution in [3.8, 4) is 0 Å². The van der Waals surface area contributed by atoms with Gasteiger partial charge in [-0.25, -0.2) is 0 Å². The lowest BCUT2D eigenvalue weighted by Gasteiger charge is -2.22. The quantitative estimate of drug-likeness (QED) is 0.385. The standard InChI is InChI=1S/C11H18O5/c1-5-8(14-7-13-4)10-9(6-12)15-11(2,3)16-10/h5-6,8-10H,1,7H2,2-4H3/t8-,9+,10-/m0/s1. The summed E-state index contributed by atoms with van der Waals surface area (Å²) in [4.78, 5) is 10.9. The molecule has 0 unspecified atom stereocenters. The van der Waals surface area contributed by atoms with E-state index in [9.17, 15) is 4.79 Å². The minimum Gasteiger partial charge on any atom is -0.359 e. The number of methoxy groups -OCH3 is 1. The third-order valence-corrected chi connectivity index (χ3v) is 2.23. The van der Waals surface area contributed by atoms with Crippen LogP contribution >= 0.6 is 0 Å². The van der Waals surface area contributed by atoms with Crippen molar-refractivity contribution >= 4 is 6.29 Å². The Labute approximate surface area is 95.3 Å². The smallest absolute Gasteiger partial charge is 0.164 e. The van der Waals surface area contributed by atoms with Crippen LogP contribution in [0.1, 0.15) is 13.8 Å². The van der Waals surface area contributed by atoms with E-state index in [1.165, 1.54) is 7.11 Å². The molecule has 1 aliphatic rings. The summed E-state index contributed by atoms with van der Waals surface area (Å²) in [6, 6.07) is 0. The van der Waals surface area contributed by atoms with E-state index in [1.54, 1.807) is 19.9 Å². The highest BCUT2D eigenvalue weighted by molar-refractivity contribution is 5.58. The van der Waals surface area contributed by atoms with E-state index in [4.69, 9.17) is 18.9 Å². The number of aldehydes is 1. The highest BCUT2D eigenvalue weighted by atomic mass is 16.8. The first-order valence-corrected chi connectivity index (χ1v) is 5.08. The molecule has 1 rings (SSSR count). The van der Waals surface area contributed by atoms with Gasteiger partial charge >= 0.3 is 0 Å². The van der Waals surface area contributed by atoms with Gasteiger partial charge in [-0.3, -0.25) is 0 Å². The van der Waals surface area contributed by atoms with Gasteiger partial charge in [0, 0.05) is 7.11 Å². The zero-order valence-corrected chi connectivity index (χ0v) is 9.84. The van der Waals surface area contributed by atoms with Crippen molar-refractivity contribution in [3.05, 3.63) is 12.7 Å². The van der Waals surface area contributed by atoms with Crippen LogP contribution in [0, 0.1) is 0 Å². The first-order chi connectivity index (χ1) is 7.54. The average molecular weight is 230 g/mol. The summed E-state index contributed by atoms with van der Waals surface area (Å²) in [7, 11) is 1.52. The third-order valence-electron chi connectivity index (χ3n) is 2.23. The van der Waals surface area contributed by atoms with Gasteiger partial charge in [0.2, 0.25) is 0 Å². The van der Waals surface area contributed by atoms with E-state index in [-0.39, 0.29) is 6.79 Å². The molecule has 0 aromatic heterocycles. The Morgan fingerprint density at radius 3 is 2.69 bits per heavy atom. The van der Waals surface area contributed by atoms with Gasteiger partial charge < -0.3 is 23.7 Å². The molecule has 1 heterocycles. The maximum absolute atomic E-state index is 10.9. The van der Waals surface area contributed by atoms with Crippen LogP contribution in [0.25, 0.3) is 0 Å². The van der Waals surface area contributed by atoms with Gasteiger partial charge in [0.25, 0.3) is 0 Å². The Bertz CT molecular complexity index is 251. The van der Waals surface area contributed by atoms with Crippen molar-refractivity contribution in [3.63, 3.8) is 0 Å². The van der Waals surface area contributed by atoms with Crippen LogP contribution in [-0.2, 0) is 23.7 Å². The summed E-state index contributed by atoms with van der Waals surface area (Å²) in [5.41, 5.74) is 0. The fraction of sp³-hybridized carbons (Fsp3) is 0.727. The van der Waals surface area contributed by atoms with Crippen LogP contribution < -0.4 is 0 Å². The van der Waals surface area contributed by atoms with E-state index in [1.807, 2.05) is 0 Å². The fourth-order valence-corrected chi connectivity index (χ4v) is 1.62. The molecule has 0 saturated carbocycles. The normalized spacial score (nSPS) is 29.9. The summed E-state index contributed by atoms with van der Waals surface area (Å²) in [5.74, 6) is -0.784. The second-order valence-electron chi connectivity index (χ2n) is 3.97. The van der Waals surface area contributed by atoms with Crippen LogP contribution in [0.15, 0.2) is 12.7 Å². The van der Waals surface area contributed by atoms with Gasteiger partial charge in [-0.05, 0) is 13.8 Å². The number of carbonyl (C=O) groups excluding carboxylic acids is 1. The number of hydrogen-bond donors (Lipinski definition) is 0. The molecule has 0 N–H and O–H groups in total. The van der Waals surface area contributed by atoms with Gasteiger partial charge in [0.1, 0.15) is 25.1 Å². The van der Waals surface area contributed by atoms with Crippen molar-refractivity contribution in [1.82, 2.24) is 0 Å². The fourth-order valence-electron chi connectivity index (χ4n) is 1.62. The molecule has 92 valence electrons. The molecular formula is C11H18O5. The van der Waals surface area contributed by atoms with Crippen molar-refractivity contribution in [2.24, 2.45) is 0 Å². The number of carbonyl (C=O) groups is 1. The third kappa shape index (κ3) is 3.12. The van der Waals surface area contributed by atoms with Gasteiger partial charge in [-0.1, -0.05) is 6.08 Å². The summed E-state index contributed by atoms with van der Waals surface area (Å²) >= 11 is 0. The summed E-state index contributed by atoms with van der Waals surface area (Å²) in [6.45, 7) is 7.26. The predicted octanol–water partition coefficient (Wildman–Crippen LogP) is 0.880. The van der Waals surface area contributed by atoms with Gasteiger partial charge in [-0.2, -0.15) is 0 Å². The van der Waals surface area contributed by atoms with E-state index in [0.29, 0.717) is 6.29 Å². The monoisotopic (exact) mass is 230 g/mol. The largest absolute Gasteiger partial charge is 0.359 e. The first-order valence-electron chi connectivity index (χ1n) is 5.08. The molecule has 0 bridgehead atoms. The Morgan fingerprint density at radius 2 is 2.19 bits per heavy atom. The molecule has 16 heavy (non-hydrogen) atoms. The van der Waals surface area contributed by atoms with E-state index >= 15 is 0 Å². The number of rotatable bonds is 6. The van der Waals surface area contributed by atoms with Crippen molar-refractivity contribution in [2.45, 2.75) is 37.9 Å². The Balaban J connectivity index is 2.68. The van der Waals surface area contributed by atoms with E-state index < -0.39 is 24.1 Å². The number of hydrogen-bond acceptors (Lipinski definition) is 5. The van der Waals surface area contributed by atoms with Crippen LogP contribution in [0.4, 0.5) is 0 Å². The van der Waals surface area contributed by atoms with Gasteiger partial charge in [0.15, 0.2) is 12.1 Å². The van der Waals surface area contributed by atoms with Crippen molar-refractivity contribution in [1.29, 1.82) is 0 Å². The Hall–Kier alpha value is -0.750. The Kier molecular flexibility index (Phi) is 4.61. The maximum Gasteiger partial charge on any atom is 0.164 e. The van der Waals surface area contributed by atoms with E-state index in [2.05, 4.69) is 6.58 Å². The molecule has 0 spiro atoms. The maximum atomic E-state index is 10.9. The molecule has 0 aromatic rings. The highest BCUT2D eigenvalue weighted by Crippen LogP contribution is 2.30. The van der Waals surface area contributed by atoms with Crippen molar-refractivity contribution in [2.75, 3.05) is 13.9 Å². The predicted molar refractivity (Wildman–Crippen MR) is 56.8 cm³/mol. The first kappa shape index (κ1) is 13.3. The lowest BCUT2D eigenvalue weighted by molar-refractivity contribution is -0.163. The summed E-state index contributed by atoms with van der Waals surface area (Å²) in [6.07, 6.45) is 0.726. The lowest BCUT2D eigenvalue weighted by Crippen LogP contribution is -2.37. The molecule has 0 radical (unpaired) electrons. The SMILES string of the molecule is C=C[C@H](OCOC)[C@@H]1OC(C)(C)O[C@@H]1C=O. The zero-order chi connectivity index (χ0) is 12.2. The number of ether oxygens (including phenoxy) is 4. The highest BCUT2D eigenvalue weighted by Gasteiger charge is 2.44. The van der Waals surface area contributed by atoms with Crippen molar-refractivity contribution < 1.29 is 23.7 Å². The molecule has 5 nitrogen and oxygen atoms in total. The molecule has 5 heteroatoms. The lowest BCUT2D eigenvalue weighted by atomic mass is 10.1. The molecular weight excluding hydrogens is 212 g/mol. The van der Waals surface area contributed by atoms with Gasteiger partial charge in [0.05, 0.1) is 0 Å². The molecule has 0 aliphatic carbocycles. The molecule has 0 aromatic carbocycles. The van der Waals surface area contributed by atoms with Gasteiger partial charge in [-0.15, -0.1) is 6.58 Å². The second-order valence-corrected chi connectivity index (χ2v) is 3.97. The van der Waals surface area contributed by atoms with Crippen LogP contribution in [0.2, 0.25) is 0 Å². The second kappa shape index (κ2) is 5.54. The molecule has 3 atom stereocenters. The molecule has 1 fully saturated rings. The topological polar surface area (TPSA) is 54.0 Å². The van der Waals surface area contributed by atoms with E-state index in [0.717, 1.165) is 0 Å².